The molecular weight excluding hydrogens is 308 g/mol. The highest BCUT2D eigenvalue weighted by molar-refractivity contribution is 5.80. The second kappa shape index (κ2) is 7.41. The molecule has 0 aliphatic carbocycles. The average molecular weight is 327 g/mol. The summed E-state index contributed by atoms with van der Waals surface area (Å²) in [6.07, 6.45) is 3.35. The summed E-state index contributed by atoms with van der Waals surface area (Å²) >= 11 is 0. The van der Waals surface area contributed by atoms with Gasteiger partial charge < -0.3 is 4.42 Å². The van der Waals surface area contributed by atoms with Crippen molar-refractivity contribution in [1.29, 1.82) is 0 Å². The zero-order valence-corrected chi connectivity index (χ0v) is 13.5. The predicted molar refractivity (Wildman–Crippen MR) is 93.0 cm³/mol. The molecule has 3 aromatic rings. The Balaban J connectivity index is 1.58. The molecule has 4 heteroatoms. The first-order chi connectivity index (χ1) is 11.6. The molecule has 0 unspecified atom stereocenters. The monoisotopic (exact) mass is 327 g/mol. The highest BCUT2D eigenvalue weighted by Gasteiger charge is 2.07. The van der Waals surface area contributed by atoms with E-state index in [1.54, 1.807) is 18.4 Å². The van der Waals surface area contributed by atoms with Crippen LogP contribution in [0.2, 0.25) is 0 Å². The summed E-state index contributed by atoms with van der Waals surface area (Å²) in [5.41, 5.74) is 3.02. The Labute approximate surface area is 140 Å². The van der Waals surface area contributed by atoms with Crippen molar-refractivity contribution in [2.24, 2.45) is 0 Å². The van der Waals surface area contributed by atoms with Crippen LogP contribution in [0.25, 0.3) is 17.0 Å². The first-order valence-corrected chi connectivity index (χ1v) is 7.82. The van der Waals surface area contributed by atoms with Crippen LogP contribution >= 0.6 is 0 Å². The molecule has 0 bridgehead atoms. The second-order valence-corrected chi connectivity index (χ2v) is 5.82. The normalized spacial score (nSPS) is 12.0. The number of hydrogen-bond acceptors (Lipinski definition) is 2. The standard InChI is InChI=1S/C20H19F2NO/c1-23(13-17-14-24-19-7-3-2-6-18(17)19)12-4-5-15-8-10-16(11-9-15)20(21)22/h2-11,14,20H,12-13H2,1H3. The molecule has 0 saturated heterocycles. The van der Waals surface area contributed by atoms with Crippen molar-refractivity contribution in [2.45, 2.75) is 13.0 Å². The van der Waals surface area contributed by atoms with Crippen LogP contribution in [0.15, 0.2) is 65.3 Å². The largest absolute Gasteiger partial charge is 0.464 e. The minimum Gasteiger partial charge on any atom is -0.464 e. The summed E-state index contributed by atoms with van der Waals surface area (Å²) in [4.78, 5) is 2.17. The lowest BCUT2D eigenvalue weighted by Gasteiger charge is -2.13. The number of alkyl halides is 2. The van der Waals surface area contributed by atoms with Crippen molar-refractivity contribution in [3.8, 4) is 0 Å². The molecule has 0 saturated carbocycles. The lowest BCUT2D eigenvalue weighted by Crippen LogP contribution is -2.17. The summed E-state index contributed by atoms with van der Waals surface area (Å²) in [5, 5.41) is 1.14. The van der Waals surface area contributed by atoms with E-state index >= 15 is 0 Å². The SMILES string of the molecule is CN(CC=Cc1ccc(C(F)F)cc1)Cc1coc2ccccc12. The summed E-state index contributed by atoms with van der Waals surface area (Å²) in [7, 11) is 2.03. The minimum atomic E-state index is -2.42. The number of hydrogen-bond donors (Lipinski definition) is 0. The van der Waals surface area contributed by atoms with Gasteiger partial charge in [0.1, 0.15) is 5.58 Å². The van der Waals surface area contributed by atoms with Crippen LogP contribution in [0.1, 0.15) is 23.1 Å². The lowest BCUT2D eigenvalue weighted by atomic mass is 10.1. The molecular formula is C20H19F2NO. The van der Waals surface area contributed by atoms with Crippen molar-refractivity contribution in [2.75, 3.05) is 13.6 Å². The van der Waals surface area contributed by atoms with Gasteiger partial charge >= 0.3 is 0 Å². The highest BCUT2D eigenvalue weighted by atomic mass is 19.3. The molecule has 1 heterocycles. The zero-order valence-electron chi connectivity index (χ0n) is 13.5. The first-order valence-electron chi connectivity index (χ1n) is 7.82. The molecule has 3 rings (SSSR count). The molecule has 0 spiro atoms. The van der Waals surface area contributed by atoms with Crippen molar-refractivity contribution < 1.29 is 13.2 Å². The van der Waals surface area contributed by atoms with E-state index in [0.717, 1.165) is 35.2 Å². The van der Waals surface area contributed by atoms with Gasteiger partial charge in [-0.2, -0.15) is 0 Å². The fourth-order valence-electron chi connectivity index (χ4n) is 2.63. The summed E-state index contributed by atoms with van der Waals surface area (Å²) < 4.78 is 30.6. The van der Waals surface area contributed by atoms with Crippen LogP contribution in [0, 0.1) is 0 Å². The third-order valence-corrected chi connectivity index (χ3v) is 3.92. The Morgan fingerprint density at radius 1 is 1.08 bits per heavy atom. The molecule has 0 radical (unpaired) electrons. The molecule has 0 aliphatic heterocycles. The minimum absolute atomic E-state index is 0.0519. The number of para-hydroxylation sites is 1. The van der Waals surface area contributed by atoms with Crippen LogP contribution in [0.4, 0.5) is 8.78 Å². The van der Waals surface area contributed by atoms with Crippen molar-refractivity contribution in [1.82, 2.24) is 4.90 Å². The maximum Gasteiger partial charge on any atom is 0.263 e. The van der Waals surface area contributed by atoms with Crippen LogP contribution in [-0.2, 0) is 6.54 Å². The topological polar surface area (TPSA) is 16.4 Å². The fraction of sp³-hybridized carbons (Fsp3) is 0.200. The molecule has 0 fully saturated rings. The van der Waals surface area contributed by atoms with Gasteiger partial charge in [0, 0.05) is 29.6 Å². The third kappa shape index (κ3) is 3.89. The van der Waals surface area contributed by atoms with E-state index in [1.807, 2.05) is 37.4 Å². The number of rotatable bonds is 6. The van der Waals surface area contributed by atoms with Gasteiger partial charge in [0.2, 0.25) is 0 Å². The van der Waals surface area contributed by atoms with Gasteiger partial charge in [0.15, 0.2) is 0 Å². The van der Waals surface area contributed by atoms with Crippen LogP contribution < -0.4 is 0 Å². The van der Waals surface area contributed by atoms with Gasteiger partial charge in [0.25, 0.3) is 6.43 Å². The summed E-state index contributed by atoms with van der Waals surface area (Å²) in [6, 6.07) is 14.3. The Morgan fingerprint density at radius 3 is 2.58 bits per heavy atom. The van der Waals surface area contributed by atoms with Gasteiger partial charge in [-0.1, -0.05) is 54.6 Å². The maximum atomic E-state index is 12.5. The Kier molecular flexibility index (Phi) is 5.06. The van der Waals surface area contributed by atoms with Crippen molar-refractivity contribution in [3.63, 3.8) is 0 Å². The third-order valence-electron chi connectivity index (χ3n) is 3.92. The zero-order chi connectivity index (χ0) is 16.9. The molecule has 0 atom stereocenters. The van der Waals surface area contributed by atoms with Gasteiger partial charge in [-0.05, 0) is 18.7 Å². The van der Waals surface area contributed by atoms with Crippen molar-refractivity contribution in [3.05, 3.63) is 77.6 Å². The predicted octanol–water partition coefficient (Wildman–Crippen LogP) is 5.52. The number of halogens is 2. The van der Waals surface area contributed by atoms with E-state index in [9.17, 15) is 8.78 Å². The molecule has 124 valence electrons. The van der Waals surface area contributed by atoms with E-state index in [2.05, 4.69) is 11.0 Å². The number of likely N-dealkylation sites (N-methyl/N-ethyl adjacent to an activating group) is 1. The van der Waals surface area contributed by atoms with E-state index in [4.69, 9.17) is 4.42 Å². The van der Waals surface area contributed by atoms with E-state index in [-0.39, 0.29) is 5.56 Å². The number of nitrogens with zero attached hydrogens (tertiary/aromatic N) is 1. The van der Waals surface area contributed by atoms with Crippen molar-refractivity contribution >= 4 is 17.0 Å². The van der Waals surface area contributed by atoms with Crippen LogP contribution in [0.5, 0.6) is 0 Å². The summed E-state index contributed by atoms with van der Waals surface area (Å²) in [6.45, 7) is 1.54. The molecule has 1 aromatic heterocycles. The quantitative estimate of drug-likeness (QED) is 0.593. The average Bonchev–Trinajstić information content (AvgIpc) is 2.98. The Bertz CT molecular complexity index is 821. The van der Waals surface area contributed by atoms with Gasteiger partial charge in [-0.15, -0.1) is 0 Å². The molecule has 0 amide bonds. The molecule has 2 nitrogen and oxygen atoms in total. The second-order valence-electron chi connectivity index (χ2n) is 5.82. The van der Waals surface area contributed by atoms with Gasteiger partial charge in [0.05, 0.1) is 6.26 Å². The molecule has 2 aromatic carbocycles. The van der Waals surface area contributed by atoms with Crippen LogP contribution in [-0.4, -0.2) is 18.5 Å². The first kappa shape index (κ1) is 16.4. The van der Waals surface area contributed by atoms with E-state index in [1.165, 1.54) is 12.1 Å². The highest BCUT2D eigenvalue weighted by Crippen LogP contribution is 2.22. The lowest BCUT2D eigenvalue weighted by molar-refractivity contribution is 0.151. The maximum absolute atomic E-state index is 12.5. The Hall–Kier alpha value is -2.46. The molecule has 0 N–H and O–H groups in total. The van der Waals surface area contributed by atoms with Gasteiger partial charge in [-0.25, -0.2) is 8.78 Å². The van der Waals surface area contributed by atoms with E-state index < -0.39 is 6.43 Å². The number of benzene rings is 2. The van der Waals surface area contributed by atoms with Gasteiger partial charge in [-0.3, -0.25) is 4.90 Å². The van der Waals surface area contributed by atoms with E-state index in [0.29, 0.717) is 0 Å². The smallest absolute Gasteiger partial charge is 0.263 e. The number of fused-ring (bicyclic) bond motifs is 1. The molecule has 24 heavy (non-hydrogen) atoms. The fourth-order valence-corrected chi connectivity index (χ4v) is 2.63. The molecule has 0 aliphatic rings. The van der Waals surface area contributed by atoms with Crippen LogP contribution in [0.3, 0.4) is 0 Å². The number of furan rings is 1. The summed E-state index contributed by atoms with van der Waals surface area (Å²) in [5.74, 6) is 0. The Morgan fingerprint density at radius 2 is 1.83 bits per heavy atom.